The molecule has 0 radical (unpaired) electrons. The molecule has 1 atom stereocenters. The molecule has 1 aromatic carbocycles. The van der Waals surface area contributed by atoms with Gasteiger partial charge in [0, 0.05) is 19.2 Å². The van der Waals surface area contributed by atoms with E-state index in [2.05, 4.69) is 16.0 Å². The monoisotopic (exact) mass is 434 g/mol. The molecule has 0 saturated carbocycles. The quantitative estimate of drug-likeness (QED) is 0.596. The summed E-state index contributed by atoms with van der Waals surface area (Å²) in [7, 11) is 0. The maximum atomic E-state index is 13.3. The van der Waals surface area contributed by atoms with Crippen molar-refractivity contribution in [1.29, 1.82) is 0 Å². The van der Waals surface area contributed by atoms with Crippen molar-refractivity contribution in [1.82, 2.24) is 19.0 Å². The van der Waals surface area contributed by atoms with Crippen molar-refractivity contribution in [2.24, 2.45) is 5.92 Å². The molecule has 6 nitrogen and oxygen atoms in total. The van der Waals surface area contributed by atoms with Crippen LogP contribution in [0, 0.1) is 11.7 Å². The van der Waals surface area contributed by atoms with E-state index in [-0.39, 0.29) is 23.0 Å². The van der Waals surface area contributed by atoms with Crippen LogP contribution in [-0.2, 0) is 6.54 Å². The van der Waals surface area contributed by atoms with Crippen molar-refractivity contribution >= 4 is 17.2 Å². The minimum absolute atomic E-state index is 0.0335. The molecule has 1 saturated heterocycles. The Morgan fingerprint density at radius 2 is 1.94 bits per heavy atom. The second-order valence-corrected chi connectivity index (χ2v) is 8.89. The molecule has 2 aromatic heterocycles. The lowest BCUT2D eigenvalue weighted by Gasteiger charge is -2.33. The van der Waals surface area contributed by atoms with Crippen LogP contribution in [0.5, 0.6) is 0 Å². The van der Waals surface area contributed by atoms with Crippen molar-refractivity contribution in [3.63, 3.8) is 0 Å². The molecule has 7 heteroatoms. The highest BCUT2D eigenvalue weighted by atomic mass is 19.1. The summed E-state index contributed by atoms with van der Waals surface area (Å²) >= 11 is 0. The molecule has 32 heavy (non-hydrogen) atoms. The van der Waals surface area contributed by atoms with E-state index in [1.807, 2.05) is 12.1 Å². The molecule has 0 N–H and O–H groups in total. The normalized spacial score (nSPS) is 19.3. The average molecular weight is 435 g/mol. The molecule has 4 heterocycles. The number of rotatable bonds is 6. The maximum absolute atomic E-state index is 13.3. The van der Waals surface area contributed by atoms with Gasteiger partial charge in [0.25, 0.3) is 11.1 Å². The molecular weight excluding hydrogens is 407 g/mol. The van der Waals surface area contributed by atoms with Gasteiger partial charge in [0.15, 0.2) is 0 Å². The van der Waals surface area contributed by atoms with Gasteiger partial charge in [-0.25, -0.2) is 9.37 Å². The van der Waals surface area contributed by atoms with E-state index in [1.54, 1.807) is 27.3 Å². The van der Waals surface area contributed by atoms with Crippen LogP contribution in [0.1, 0.15) is 37.3 Å². The number of hydrogen-bond acceptors (Lipinski definition) is 4. The molecule has 2 aliphatic rings. The van der Waals surface area contributed by atoms with E-state index in [9.17, 15) is 14.0 Å². The van der Waals surface area contributed by atoms with Gasteiger partial charge in [-0.2, -0.15) is 0 Å². The minimum Gasteiger partial charge on any atom is -0.301 e. The van der Waals surface area contributed by atoms with E-state index in [1.165, 1.54) is 18.3 Å². The second-order valence-electron chi connectivity index (χ2n) is 8.89. The van der Waals surface area contributed by atoms with Gasteiger partial charge in [-0.05, 0) is 68.5 Å². The van der Waals surface area contributed by atoms with Crippen LogP contribution in [0.25, 0.3) is 17.2 Å². The van der Waals surface area contributed by atoms with Gasteiger partial charge in [0.1, 0.15) is 17.0 Å². The first-order valence-corrected chi connectivity index (χ1v) is 11.3. The van der Waals surface area contributed by atoms with Gasteiger partial charge < -0.3 is 4.90 Å². The number of likely N-dealkylation sites (tertiary alicyclic amines) is 1. The van der Waals surface area contributed by atoms with E-state index >= 15 is 0 Å². The Morgan fingerprint density at radius 1 is 1.09 bits per heavy atom. The van der Waals surface area contributed by atoms with Crippen molar-refractivity contribution in [2.75, 3.05) is 19.6 Å². The molecule has 0 bridgehead atoms. The van der Waals surface area contributed by atoms with E-state index in [0.717, 1.165) is 50.9 Å². The molecule has 0 amide bonds. The molecular formula is C25H27FN4O2. The zero-order chi connectivity index (χ0) is 22.1. The van der Waals surface area contributed by atoms with Crippen molar-refractivity contribution in [2.45, 2.75) is 38.3 Å². The van der Waals surface area contributed by atoms with Crippen molar-refractivity contribution in [3.8, 4) is 0 Å². The fraction of sp³-hybridized carbons (Fsp3) is 0.400. The Morgan fingerprint density at radius 3 is 2.75 bits per heavy atom. The molecule has 3 aromatic rings. The van der Waals surface area contributed by atoms with Crippen LogP contribution in [0.4, 0.5) is 4.39 Å². The Balaban J connectivity index is 1.15. The smallest absolute Gasteiger partial charge is 0.270 e. The first kappa shape index (κ1) is 20.8. The topological polar surface area (TPSA) is 60.1 Å². The molecule has 0 aliphatic carbocycles. The predicted molar refractivity (Wildman–Crippen MR) is 123 cm³/mol. The van der Waals surface area contributed by atoms with Gasteiger partial charge in [-0.1, -0.05) is 24.3 Å². The first-order valence-electron chi connectivity index (χ1n) is 11.3. The Kier molecular flexibility index (Phi) is 5.74. The standard InChI is InChI=1S/C25H27FN4O2/c26-20-7-3-6-19(14-20)5-2-1-4-18-10-12-28(13-11-18)16-21-17-29-23(31)9-8-22-25(29)30(21)24(32)15-27-22/h2-3,5-9,14-15,18,21H,1,4,10-13,16-17H2/b5-2-. The lowest BCUT2D eigenvalue weighted by molar-refractivity contribution is 0.157. The zero-order valence-electron chi connectivity index (χ0n) is 18.0. The maximum Gasteiger partial charge on any atom is 0.270 e. The van der Waals surface area contributed by atoms with E-state index in [4.69, 9.17) is 0 Å². The number of allylic oxidation sites excluding steroid dienone is 1. The third-order valence-electron chi connectivity index (χ3n) is 6.75. The van der Waals surface area contributed by atoms with Gasteiger partial charge in [0.2, 0.25) is 0 Å². The summed E-state index contributed by atoms with van der Waals surface area (Å²) in [6.07, 6.45) is 9.88. The summed E-state index contributed by atoms with van der Waals surface area (Å²) in [5, 5.41) is 0. The highest BCUT2D eigenvalue weighted by Crippen LogP contribution is 2.27. The van der Waals surface area contributed by atoms with Gasteiger partial charge in [-0.3, -0.25) is 18.7 Å². The van der Waals surface area contributed by atoms with Crippen molar-refractivity contribution < 1.29 is 4.39 Å². The number of piperidine rings is 1. The summed E-state index contributed by atoms with van der Waals surface area (Å²) in [6.45, 7) is 3.31. The minimum atomic E-state index is -0.204. The van der Waals surface area contributed by atoms with Crippen LogP contribution in [-0.4, -0.2) is 38.7 Å². The highest BCUT2D eigenvalue weighted by Gasteiger charge is 2.29. The fourth-order valence-corrected chi connectivity index (χ4v) is 5.08. The fourth-order valence-electron chi connectivity index (χ4n) is 5.08. The Labute approximate surface area is 185 Å². The van der Waals surface area contributed by atoms with E-state index in [0.29, 0.717) is 23.6 Å². The summed E-state index contributed by atoms with van der Waals surface area (Å²) in [6, 6.07) is 9.84. The summed E-state index contributed by atoms with van der Waals surface area (Å²) in [5.74, 6) is 0.478. The van der Waals surface area contributed by atoms with Crippen molar-refractivity contribution in [3.05, 3.63) is 80.8 Å². The number of halogens is 1. The molecule has 166 valence electrons. The third kappa shape index (κ3) is 4.17. The Hall–Kier alpha value is -3.06. The summed E-state index contributed by atoms with van der Waals surface area (Å²) < 4.78 is 16.7. The molecule has 2 aliphatic heterocycles. The van der Waals surface area contributed by atoms with Gasteiger partial charge in [-0.15, -0.1) is 0 Å². The number of hydrogen-bond donors (Lipinski definition) is 0. The zero-order valence-corrected chi connectivity index (χ0v) is 18.0. The van der Waals surface area contributed by atoms with Gasteiger partial charge in [0.05, 0.1) is 12.2 Å². The molecule has 1 unspecified atom stereocenters. The number of nitrogens with zero attached hydrogens (tertiary/aromatic N) is 4. The highest BCUT2D eigenvalue weighted by molar-refractivity contribution is 5.71. The third-order valence-corrected chi connectivity index (χ3v) is 6.75. The average Bonchev–Trinajstić information content (AvgIpc) is 3.18. The predicted octanol–water partition coefficient (Wildman–Crippen LogP) is 3.46. The SMILES string of the molecule is O=c1ccc2ncc(=O)n3c2n1CC3CN1CCC(CC/C=C\c2cccc(F)c2)CC1. The summed E-state index contributed by atoms with van der Waals surface area (Å²) in [5.41, 5.74) is 2.02. The Bertz CT molecular complexity index is 1270. The number of pyridine rings is 1. The number of benzene rings is 1. The van der Waals surface area contributed by atoms with Crippen LogP contribution in [0.15, 0.2) is 58.3 Å². The molecule has 0 spiro atoms. The van der Waals surface area contributed by atoms with Crippen LogP contribution >= 0.6 is 0 Å². The van der Waals surface area contributed by atoms with Crippen LogP contribution in [0.3, 0.4) is 0 Å². The lowest BCUT2D eigenvalue weighted by Crippen LogP contribution is -2.39. The molecule has 1 fully saturated rings. The number of aromatic nitrogens is 3. The first-order chi connectivity index (χ1) is 15.6. The second kappa shape index (κ2) is 8.82. The lowest BCUT2D eigenvalue weighted by atomic mass is 9.92. The van der Waals surface area contributed by atoms with Crippen LogP contribution < -0.4 is 11.1 Å². The van der Waals surface area contributed by atoms with Crippen LogP contribution in [0.2, 0.25) is 0 Å². The van der Waals surface area contributed by atoms with Gasteiger partial charge >= 0.3 is 0 Å². The van der Waals surface area contributed by atoms with E-state index < -0.39 is 0 Å². The molecule has 5 rings (SSSR count). The largest absolute Gasteiger partial charge is 0.301 e. The summed E-state index contributed by atoms with van der Waals surface area (Å²) in [4.78, 5) is 31.4.